The number of urea groups is 1. The van der Waals surface area contributed by atoms with Crippen molar-refractivity contribution in [1.82, 2.24) is 25.2 Å². The molecule has 208 valence electrons. The number of benzene rings is 1. The van der Waals surface area contributed by atoms with Gasteiger partial charge in [-0.25, -0.2) is 9.78 Å². The smallest absolute Gasteiger partial charge is 0.319 e. The fourth-order valence-electron chi connectivity index (χ4n) is 4.42. The van der Waals surface area contributed by atoms with Crippen molar-refractivity contribution in [1.29, 1.82) is 0 Å². The van der Waals surface area contributed by atoms with Crippen LogP contribution in [-0.2, 0) is 13.1 Å². The highest BCUT2D eigenvalue weighted by atomic mass is 16.2. The molecule has 0 aliphatic carbocycles. The maximum atomic E-state index is 13.2. The molecule has 0 atom stereocenters. The van der Waals surface area contributed by atoms with Crippen molar-refractivity contribution in [2.45, 2.75) is 38.8 Å². The Morgan fingerprint density at radius 3 is 2.48 bits per heavy atom. The summed E-state index contributed by atoms with van der Waals surface area (Å²) in [6.07, 6.45) is 7.02. The van der Waals surface area contributed by atoms with E-state index >= 15 is 0 Å². The van der Waals surface area contributed by atoms with E-state index in [1.54, 1.807) is 41.2 Å². The van der Waals surface area contributed by atoms with Crippen molar-refractivity contribution < 1.29 is 9.59 Å². The van der Waals surface area contributed by atoms with Crippen molar-refractivity contribution in [2.75, 3.05) is 24.6 Å². The number of nitrogens with two attached hydrogens (primary N) is 2. The number of unbranched alkanes of at least 4 members (excludes halogenated alkanes) is 3. The van der Waals surface area contributed by atoms with E-state index < -0.39 is 11.3 Å². The van der Waals surface area contributed by atoms with Gasteiger partial charge in [-0.2, -0.15) is 0 Å². The number of nitrogens with one attached hydrogen (secondary N) is 3. The minimum atomic E-state index is -0.530. The van der Waals surface area contributed by atoms with Crippen LogP contribution in [0.4, 0.5) is 16.3 Å². The van der Waals surface area contributed by atoms with Crippen LogP contribution in [0.2, 0.25) is 0 Å². The molecule has 11 heteroatoms. The van der Waals surface area contributed by atoms with Crippen LogP contribution in [0.15, 0.2) is 65.7 Å². The largest absolute Gasteiger partial charge is 0.384 e. The van der Waals surface area contributed by atoms with Crippen molar-refractivity contribution in [3.05, 3.63) is 82.3 Å². The molecule has 3 aromatic heterocycles. The third-order valence-corrected chi connectivity index (χ3v) is 6.55. The number of fused-ring (bicyclic) bond motifs is 1. The molecule has 0 unspecified atom stereocenters. The maximum absolute atomic E-state index is 13.2. The predicted molar refractivity (Wildman–Crippen MR) is 157 cm³/mol. The lowest BCUT2D eigenvalue weighted by Gasteiger charge is -2.17. The molecular weight excluding hydrogens is 508 g/mol. The normalized spacial score (nSPS) is 10.8. The second-order valence-electron chi connectivity index (χ2n) is 9.34. The average molecular weight is 543 g/mol. The molecule has 7 N–H and O–H groups in total. The predicted octanol–water partition coefficient (Wildman–Crippen LogP) is 3.24. The van der Waals surface area contributed by atoms with Crippen LogP contribution in [0.25, 0.3) is 22.3 Å². The molecule has 11 nitrogen and oxygen atoms in total. The second kappa shape index (κ2) is 13.3. The number of hydrogen-bond acceptors (Lipinski definition) is 7. The van der Waals surface area contributed by atoms with Crippen molar-refractivity contribution in [3.8, 4) is 11.3 Å². The van der Waals surface area contributed by atoms with Gasteiger partial charge in [0.25, 0.3) is 5.91 Å². The highest BCUT2D eigenvalue weighted by Gasteiger charge is 2.21. The van der Waals surface area contributed by atoms with Gasteiger partial charge in [-0.1, -0.05) is 31.0 Å². The summed E-state index contributed by atoms with van der Waals surface area (Å²) in [6, 6.07) is 14.0. The minimum absolute atomic E-state index is 0.0799. The summed E-state index contributed by atoms with van der Waals surface area (Å²) in [5, 5.41) is 8.43. The first-order valence-electron chi connectivity index (χ1n) is 13.2. The third-order valence-electron chi connectivity index (χ3n) is 6.55. The Bertz CT molecular complexity index is 1540. The maximum Gasteiger partial charge on any atom is 0.319 e. The van der Waals surface area contributed by atoms with E-state index in [0.717, 1.165) is 36.8 Å². The molecule has 0 bridgehead atoms. The Hall–Kier alpha value is -4.77. The molecule has 4 rings (SSSR count). The first kappa shape index (κ1) is 28.2. The zero-order chi connectivity index (χ0) is 28.5. The number of nitrogen functional groups attached to an aromatic ring is 1. The lowest BCUT2D eigenvalue weighted by molar-refractivity contribution is 0.0962. The topological polar surface area (TPSA) is 170 Å². The summed E-state index contributed by atoms with van der Waals surface area (Å²) in [4.78, 5) is 46.8. The lowest BCUT2D eigenvalue weighted by Crippen LogP contribution is -2.30. The molecule has 0 radical (unpaired) electrons. The number of carbonyl (C=O) groups is 2. The Kier molecular flexibility index (Phi) is 9.42. The van der Waals surface area contributed by atoms with E-state index in [2.05, 4.69) is 20.9 Å². The van der Waals surface area contributed by atoms with Gasteiger partial charge in [0.05, 0.1) is 11.1 Å². The molecule has 0 saturated carbocycles. The van der Waals surface area contributed by atoms with Gasteiger partial charge in [0, 0.05) is 43.8 Å². The molecule has 4 aromatic rings. The fourth-order valence-corrected chi connectivity index (χ4v) is 4.42. The average Bonchev–Trinajstić information content (AvgIpc) is 2.98. The van der Waals surface area contributed by atoms with Gasteiger partial charge >= 0.3 is 6.03 Å². The number of anilines is 2. The summed E-state index contributed by atoms with van der Waals surface area (Å²) < 4.78 is 1.75. The second-order valence-corrected chi connectivity index (χ2v) is 9.34. The summed E-state index contributed by atoms with van der Waals surface area (Å²) in [5.41, 5.74) is 14.8. The molecule has 0 saturated heterocycles. The van der Waals surface area contributed by atoms with Crippen molar-refractivity contribution in [3.63, 3.8) is 0 Å². The van der Waals surface area contributed by atoms with E-state index in [0.29, 0.717) is 42.0 Å². The first-order valence-corrected chi connectivity index (χ1v) is 13.2. The van der Waals surface area contributed by atoms with Crippen molar-refractivity contribution >= 4 is 34.5 Å². The number of aromatic nitrogens is 3. The fraction of sp³-hybridized carbons (Fsp3) is 0.276. The molecule has 0 aliphatic rings. The minimum Gasteiger partial charge on any atom is -0.384 e. The van der Waals surface area contributed by atoms with Gasteiger partial charge in [-0.15, -0.1) is 0 Å². The number of amides is 3. The van der Waals surface area contributed by atoms with E-state index in [1.807, 2.05) is 24.3 Å². The SMILES string of the molecule is CNC(=O)c1c(N)n(CCCCCCN)c2nc(-c3ccc(NC(=O)NCc4cccnc4)cc3)ccc2c1=O. The molecule has 3 heterocycles. The van der Waals surface area contributed by atoms with Gasteiger partial charge in [0.1, 0.15) is 17.0 Å². The van der Waals surface area contributed by atoms with Crippen molar-refractivity contribution in [2.24, 2.45) is 5.73 Å². The summed E-state index contributed by atoms with van der Waals surface area (Å²) >= 11 is 0. The van der Waals surface area contributed by atoms with Gasteiger partial charge in [-0.05, 0) is 55.3 Å². The lowest BCUT2D eigenvalue weighted by atomic mass is 10.1. The van der Waals surface area contributed by atoms with Crippen LogP contribution in [0.3, 0.4) is 0 Å². The van der Waals surface area contributed by atoms with E-state index in [-0.39, 0.29) is 17.4 Å². The quantitative estimate of drug-likeness (QED) is 0.181. The number of aryl methyl sites for hydroxylation is 1. The van der Waals surface area contributed by atoms with Gasteiger partial charge < -0.3 is 32.0 Å². The van der Waals surface area contributed by atoms with Crippen LogP contribution in [0.1, 0.15) is 41.6 Å². The zero-order valence-corrected chi connectivity index (χ0v) is 22.4. The molecule has 40 heavy (non-hydrogen) atoms. The Balaban J connectivity index is 1.57. The zero-order valence-electron chi connectivity index (χ0n) is 22.4. The molecule has 0 fully saturated rings. The van der Waals surface area contributed by atoms with E-state index in [9.17, 15) is 14.4 Å². The van der Waals surface area contributed by atoms with Crippen LogP contribution in [-0.4, -0.2) is 40.1 Å². The highest BCUT2D eigenvalue weighted by Crippen LogP contribution is 2.24. The van der Waals surface area contributed by atoms with Gasteiger partial charge in [-0.3, -0.25) is 14.6 Å². The summed E-state index contributed by atoms with van der Waals surface area (Å²) in [7, 11) is 1.47. The summed E-state index contributed by atoms with van der Waals surface area (Å²) in [6.45, 7) is 1.50. The van der Waals surface area contributed by atoms with Gasteiger partial charge in [0.2, 0.25) is 5.43 Å². The summed E-state index contributed by atoms with van der Waals surface area (Å²) in [5.74, 6) is -0.435. The Morgan fingerprint density at radius 2 is 1.77 bits per heavy atom. The molecule has 0 aliphatic heterocycles. The third kappa shape index (κ3) is 6.62. The number of nitrogens with zero attached hydrogens (tertiary/aromatic N) is 3. The standard InChI is InChI=1S/C29H34N8O3/c1-32-28(39)24-25(38)22-12-13-23(36-27(22)37(26(24)31)16-5-3-2-4-14-30)20-8-10-21(11-9-20)35-29(40)34-18-19-7-6-15-33-17-19/h6-13,15,17H,2-5,14,16,18,30-31H2,1H3,(H,32,39)(H2,34,35,40). The number of rotatable bonds is 11. The first-order chi connectivity index (χ1) is 19.4. The number of hydrogen-bond donors (Lipinski definition) is 5. The van der Waals surface area contributed by atoms with E-state index in [4.69, 9.17) is 16.5 Å². The molecule has 1 aromatic carbocycles. The number of pyridine rings is 3. The molecule has 0 spiro atoms. The monoisotopic (exact) mass is 542 g/mol. The van der Waals surface area contributed by atoms with E-state index in [1.165, 1.54) is 7.05 Å². The van der Waals surface area contributed by atoms with Crippen LogP contribution < -0.4 is 32.8 Å². The molecule has 3 amide bonds. The van der Waals surface area contributed by atoms with Crippen LogP contribution >= 0.6 is 0 Å². The Labute approximate surface area is 232 Å². The molecular formula is C29H34N8O3. The van der Waals surface area contributed by atoms with Crippen LogP contribution in [0.5, 0.6) is 0 Å². The Morgan fingerprint density at radius 1 is 1.00 bits per heavy atom. The van der Waals surface area contributed by atoms with Crippen LogP contribution in [0, 0.1) is 0 Å². The highest BCUT2D eigenvalue weighted by molar-refractivity contribution is 6.01. The number of carbonyl (C=O) groups excluding carboxylic acids is 2. The van der Waals surface area contributed by atoms with Gasteiger partial charge in [0.15, 0.2) is 0 Å².